The molecule has 2 aromatic rings. The molecule has 0 spiro atoms. The third-order valence-corrected chi connectivity index (χ3v) is 3.05. The van der Waals surface area contributed by atoms with E-state index < -0.39 is 0 Å². The van der Waals surface area contributed by atoms with Gasteiger partial charge in [0.05, 0.1) is 12.6 Å². The highest BCUT2D eigenvalue weighted by molar-refractivity contribution is 5.68. The quantitative estimate of drug-likeness (QED) is 0.898. The summed E-state index contributed by atoms with van der Waals surface area (Å²) in [4.78, 5) is 11.7. The molecule has 1 N–H and O–H groups in total. The van der Waals surface area contributed by atoms with E-state index in [1.165, 1.54) is 5.56 Å². The first-order valence-electron chi connectivity index (χ1n) is 6.81. The Balaban J connectivity index is 2.14. The Morgan fingerprint density at radius 3 is 2.25 bits per heavy atom. The van der Waals surface area contributed by atoms with E-state index in [2.05, 4.69) is 17.4 Å². The minimum absolute atomic E-state index is 0.0855. The molecule has 0 aliphatic rings. The van der Waals surface area contributed by atoms with Crippen molar-refractivity contribution in [2.75, 3.05) is 6.61 Å². The van der Waals surface area contributed by atoms with Gasteiger partial charge in [0, 0.05) is 0 Å². The second kappa shape index (κ2) is 7.34. The van der Waals surface area contributed by atoms with Crippen LogP contribution in [0.5, 0.6) is 0 Å². The zero-order valence-electron chi connectivity index (χ0n) is 11.6. The molecule has 1 atom stereocenters. The number of benzene rings is 2. The van der Waals surface area contributed by atoms with Gasteiger partial charge in [0.25, 0.3) is 0 Å². The molecular weight excluding hydrogens is 250 g/mol. The maximum atomic E-state index is 11.7. The molecule has 0 radical (unpaired) electrons. The summed E-state index contributed by atoms with van der Waals surface area (Å²) in [5, 5.41) is 2.92. The molecule has 1 unspecified atom stereocenters. The SMILES string of the molecule is CCOC(=O)NC(Cc1ccccc1)c1ccccc1. The first-order chi connectivity index (χ1) is 9.79. The van der Waals surface area contributed by atoms with Gasteiger partial charge < -0.3 is 10.1 Å². The van der Waals surface area contributed by atoms with Gasteiger partial charge in [-0.05, 0) is 24.5 Å². The van der Waals surface area contributed by atoms with Crippen molar-refractivity contribution in [1.29, 1.82) is 0 Å². The summed E-state index contributed by atoms with van der Waals surface area (Å²) >= 11 is 0. The summed E-state index contributed by atoms with van der Waals surface area (Å²) < 4.78 is 4.98. The Labute approximate surface area is 119 Å². The number of rotatable bonds is 5. The largest absolute Gasteiger partial charge is 0.450 e. The molecule has 0 heterocycles. The van der Waals surface area contributed by atoms with Crippen LogP contribution in [-0.4, -0.2) is 12.7 Å². The van der Waals surface area contributed by atoms with Crippen LogP contribution in [0.4, 0.5) is 4.79 Å². The van der Waals surface area contributed by atoms with Gasteiger partial charge in [-0.15, -0.1) is 0 Å². The molecule has 0 saturated carbocycles. The fourth-order valence-corrected chi connectivity index (χ4v) is 2.10. The van der Waals surface area contributed by atoms with E-state index in [9.17, 15) is 4.79 Å². The van der Waals surface area contributed by atoms with Crippen LogP contribution in [0.3, 0.4) is 0 Å². The first kappa shape index (κ1) is 14.1. The lowest BCUT2D eigenvalue weighted by Crippen LogP contribution is -2.30. The molecule has 2 rings (SSSR count). The molecule has 2 aromatic carbocycles. The monoisotopic (exact) mass is 269 g/mol. The molecule has 0 bridgehead atoms. The Bertz CT molecular complexity index is 525. The normalized spacial score (nSPS) is 11.7. The molecule has 0 saturated heterocycles. The number of carbonyl (C=O) groups excluding carboxylic acids is 1. The average Bonchev–Trinajstić information content (AvgIpc) is 2.49. The summed E-state index contributed by atoms with van der Waals surface area (Å²) in [6.45, 7) is 2.17. The van der Waals surface area contributed by atoms with Crippen molar-refractivity contribution in [3.05, 3.63) is 71.8 Å². The minimum atomic E-state index is -0.378. The van der Waals surface area contributed by atoms with Crippen molar-refractivity contribution in [3.8, 4) is 0 Å². The van der Waals surface area contributed by atoms with Crippen LogP contribution in [0.15, 0.2) is 60.7 Å². The lowest BCUT2D eigenvalue weighted by molar-refractivity contribution is 0.148. The van der Waals surface area contributed by atoms with Gasteiger partial charge in [0.2, 0.25) is 0 Å². The minimum Gasteiger partial charge on any atom is -0.450 e. The Kier molecular flexibility index (Phi) is 5.18. The molecule has 0 aromatic heterocycles. The first-order valence-corrected chi connectivity index (χ1v) is 6.81. The van der Waals surface area contributed by atoms with Crippen molar-refractivity contribution in [3.63, 3.8) is 0 Å². The number of hydrogen-bond acceptors (Lipinski definition) is 2. The fourth-order valence-electron chi connectivity index (χ4n) is 2.10. The summed E-state index contributed by atoms with van der Waals surface area (Å²) in [7, 11) is 0. The van der Waals surface area contributed by atoms with Gasteiger partial charge in [-0.1, -0.05) is 60.7 Å². The van der Waals surface area contributed by atoms with Crippen LogP contribution in [-0.2, 0) is 11.2 Å². The highest BCUT2D eigenvalue weighted by atomic mass is 16.5. The summed E-state index contributed by atoms with van der Waals surface area (Å²) in [5.74, 6) is 0. The Hall–Kier alpha value is -2.29. The van der Waals surface area contributed by atoms with E-state index in [-0.39, 0.29) is 12.1 Å². The van der Waals surface area contributed by atoms with Gasteiger partial charge in [-0.25, -0.2) is 4.79 Å². The standard InChI is InChI=1S/C17H19NO2/c1-2-20-17(19)18-16(15-11-7-4-8-12-15)13-14-9-5-3-6-10-14/h3-12,16H,2,13H2,1H3,(H,18,19). The maximum absolute atomic E-state index is 11.7. The van der Waals surface area contributed by atoms with Gasteiger partial charge in [0.1, 0.15) is 0 Å². The van der Waals surface area contributed by atoms with E-state index in [1.54, 1.807) is 6.92 Å². The van der Waals surface area contributed by atoms with Gasteiger partial charge >= 0.3 is 6.09 Å². The van der Waals surface area contributed by atoms with Crippen LogP contribution in [0.1, 0.15) is 24.1 Å². The maximum Gasteiger partial charge on any atom is 0.407 e. The highest BCUT2D eigenvalue weighted by Crippen LogP contribution is 2.18. The van der Waals surface area contributed by atoms with Crippen molar-refractivity contribution in [2.45, 2.75) is 19.4 Å². The number of carbonyl (C=O) groups is 1. The van der Waals surface area contributed by atoms with Crippen molar-refractivity contribution >= 4 is 6.09 Å². The van der Waals surface area contributed by atoms with E-state index in [0.29, 0.717) is 6.61 Å². The average molecular weight is 269 g/mol. The fraction of sp³-hybridized carbons (Fsp3) is 0.235. The van der Waals surface area contributed by atoms with Crippen LogP contribution in [0.25, 0.3) is 0 Å². The molecule has 3 heteroatoms. The lowest BCUT2D eigenvalue weighted by Gasteiger charge is -2.19. The topological polar surface area (TPSA) is 38.3 Å². The molecular formula is C17H19NO2. The van der Waals surface area contributed by atoms with Gasteiger partial charge in [-0.2, -0.15) is 0 Å². The second-order valence-electron chi connectivity index (χ2n) is 4.52. The summed E-state index contributed by atoms with van der Waals surface area (Å²) in [6, 6.07) is 20.0. The molecule has 104 valence electrons. The molecule has 0 aliphatic heterocycles. The van der Waals surface area contributed by atoms with E-state index in [1.807, 2.05) is 48.5 Å². The van der Waals surface area contributed by atoms with Crippen molar-refractivity contribution in [1.82, 2.24) is 5.32 Å². The van der Waals surface area contributed by atoms with Crippen molar-refractivity contribution in [2.24, 2.45) is 0 Å². The summed E-state index contributed by atoms with van der Waals surface area (Å²) in [5.41, 5.74) is 2.25. The zero-order valence-corrected chi connectivity index (χ0v) is 11.6. The smallest absolute Gasteiger partial charge is 0.407 e. The zero-order chi connectivity index (χ0) is 14.2. The number of nitrogens with one attached hydrogen (secondary N) is 1. The van der Waals surface area contributed by atoms with E-state index in [0.717, 1.165) is 12.0 Å². The predicted molar refractivity (Wildman–Crippen MR) is 79.5 cm³/mol. The third kappa shape index (κ3) is 4.12. The van der Waals surface area contributed by atoms with Crippen LogP contribution in [0.2, 0.25) is 0 Å². The number of ether oxygens (including phenoxy) is 1. The van der Waals surface area contributed by atoms with Gasteiger partial charge in [0.15, 0.2) is 0 Å². The number of amides is 1. The third-order valence-electron chi connectivity index (χ3n) is 3.05. The Morgan fingerprint density at radius 2 is 1.65 bits per heavy atom. The van der Waals surface area contributed by atoms with Gasteiger partial charge in [-0.3, -0.25) is 0 Å². The summed E-state index contributed by atoms with van der Waals surface area (Å²) in [6.07, 6.45) is 0.362. The van der Waals surface area contributed by atoms with Crippen molar-refractivity contribution < 1.29 is 9.53 Å². The lowest BCUT2D eigenvalue weighted by atomic mass is 9.99. The van der Waals surface area contributed by atoms with Crippen LogP contribution >= 0.6 is 0 Å². The number of alkyl carbamates (subject to hydrolysis) is 1. The van der Waals surface area contributed by atoms with Crippen LogP contribution in [0, 0.1) is 0 Å². The molecule has 1 amide bonds. The van der Waals surface area contributed by atoms with E-state index >= 15 is 0 Å². The molecule has 20 heavy (non-hydrogen) atoms. The highest BCUT2D eigenvalue weighted by Gasteiger charge is 2.15. The Morgan fingerprint density at radius 1 is 1.05 bits per heavy atom. The molecule has 3 nitrogen and oxygen atoms in total. The number of hydrogen-bond donors (Lipinski definition) is 1. The molecule has 0 fully saturated rings. The second-order valence-corrected chi connectivity index (χ2v) is 4.52. The molecule has 0 aliphatic carbocycles. The van der Waals surface area contributed by atoms with Crippen LogP contribution < -0.4 is 5.32 Å². The van der Waals surface area contributed by atoms with E-state index in [4.69, 9.17) is 4.74 Å². The predicted octanol–water partition coefficient (Wildman–Crippen LogP) is 3.72.